The average molecular weight is 126 g/mol. The predicted octanol–water partition coefficient (Wildman–Crippen LogP) is 1.20. The van der Waals surface area contributed by atoms with Gasteiger partial charge >= 0.3 is 0 Å². The highest BCUT2D eigenvalue weighted by Gasteiger charge is 1.92. The first kappa shape index (κ1) is 8.21. The first-order chi connectivity index (χ1) is 4.20. The van der Waals surface area contributed by atoms with Crippen molar-refractivity contribution in [3.05, 3.63) is 12.7 Å². The minimum atomic E-state index is 0.314. The molecule has 0 bridgehead atoms. The summed E-state index contributed by atoms with van der Waals surface area (Å²) in [7, 11) is 1.76. The molecule has 0 aliphatic heterocycles. The highest BCUT2D eigenvalue weighted by atomic mass is 15.0. The lowest BCUT2D eigenvalue weighted by atomic mass is 10.3. The van der Waals surface area contributed by atoms with E-state index in [1.54, 1.807) is 7.05 Å². The second kappa shape index (κ2) is 4.13. The van der Waals surface area contributed by atoms with E-state index < -0.39 is 0 Å². The first-order valence-corrected chi connectivity index (χ1v) is 3.03. The smallest absolute Gasteiger partial charge is 0.0932 e. The van der Waals surface area contributed by atoms with Crippen LogP contribution >= 0.6 is 0 Å². The Hall–Kier alpha value is -0.790. The fourth-order valence-corrected chi connectivity index (χ4v) is 0.453. The molecule has 0 saturated heterocycles. The Morgan fingerprint density at radius 1 is 1.78 bits per heavy atom. The SMILES string of the molecule is C=CC(C)NC(C)=NC. The van der Waals surface area contributed by atoms with Crippen LogP contribution in [0.4, 0.5) is 0 Å². The van der Waals surface area contributed by atoms with Crippen LogP contribution < -0.4 is 5.32 Å². The van der Waals surface area contributed by atoms with E-state index in [1.807, 2.05) is 19.9 Å². The lowest BCUT2D eigenvalue weighted by Crippen LogP contribution is -2.28. The van der Waals surface area contributed by atoms with Crippen molar-refractivity contribution in [2.45, 2.75) is 19.9 Å². The van der Waals surface area contributed by atoms with Crippen LogP contribution in [0, 0.1) is 0 Å². The van der Waals surface area contributed by atoms with Gasteiger partial charge in [0.2, 0.25) is 0 Å². The molecule has 52 valence electrons. The van der Waals surface area contributed by atoms with Crippen molar-refractivity contribution in [3.63, 3.8) is 0 Å². The van der Waals surface area contributed by atoms with Crippen LogP contribution in [0.3, 0.4) is 0 Å². The van der Waals surface area contributed by atoms with Crippen molar-refractivity contribution in [2.75, 3.05) is 7.05 Å². The molecule has 0 saturated carbocycles. The minimum Gasteiger partial charge on any atom is -0.368 e. The number of aliphatic imine (C=N–C) groups is 1. The number of hydrogen-bond acceptors (Lipinski definition) is 1. The fraction of sp³-hybridized carbons (Fsp3) is 0.571. The first-order valence-electron chi connectivity index (χ1n) is 3.03. The van der Waals surface area contributed by atoms with Gasteiger partial charge in [0.05, 0.1) is 5.84 Å². The van der Waals surface area contributed by atoms with Crippen LogP contribution in [0.5, 0.6) is 0 Å². The Labute approximate surface area is 56.7 Å². The maximum absolute atomic E-state index is 3.93. The Morgan fingerprint density at radius 3 is 2.67 bits per heavy atom. The average Bonchev–Trinajstić information content (AvgIpc) is 1.87. The van der Waals surface area contributed by atoms with Gasteiger partial charge in [-0.2, -0.15) is 0 Å². The van der Waals surface area contributed by atoms with Crippen molar-refractivity contribution in [1.29, 1.82) is 0 Å². The maximum atomic E-state index is 3.93. The minimum absolute atomic E-state index is 0.314. The predicted molar refractivity (Wildman–Crippen MR) is 41.8 cm³/mol. The van der Waals surface area contributed by atoms with Gasteiger partial charge in [-0.3, -0.25) is 4.99 Å². The summed E-state index contributed by atoms with van der Waals surface area (Å²) < 4.78 is 0. The molecule has 2 heteroatoms. The van der Waals surface area contributed by atoms with E-state index in [0.717, 1.165) is 5.84 Å². The molecule has 0 radical (unpaired) electrons. The van der Waals surface area contributed by atoms with Crippen molar-refractivity contribution in [1.82, 2.24) is 5.32 Å². The van der Waals surface area contributed by atoms with Crippen LogP contribution in [0.15, 0.2) is 17.6 Å². The molecule has 1 unspecified atom stereocenters. The van der Waals surface area contributed by atoms with Crippen molar-refractivity contribution < 1.29 is 0 Å². The van der Waals surface area contributed by atoms with E-state index >= 15 is 0 Å². The van der Waals surface area contributed by atoms with Crippen LogP contribution in [-0.2, 0) is 0 Å². The summed E-state index contributed by atoms with van der Waals surface area (Å²) in [6.07, 6.45) is 1.84. The van der Waals surface area contributed by atoms with Crippen molar-refractivity contribution >= 4 is 5.84 Å². The van der Waals surface area contributed by atoms with E-state index in [0.29, 0.717) is 6.04 Å². The molecule has 0 heterocycles. The Balaban J connectivity index is 3.59. The molecule has 0 spiro atoms. The third kappa shape index (κ3) is 3.76. The lowest BCUT2D eigenvalue weighted by Gasteiger charge is -2.08. The second-order valence-electron chi connectivity index (χ2n) is 1.98. The van der Waals surface area contributed by atoms with Crippen LogP contribution in [-0.4, -0.2) is 18.9 Å². The number of hydrogen-bond donors (Lipinski definition) is 1. The zero-order chi connectivity index (χ0) is 7.28. The summed E-state index contributed by atoms with van der Waals surface area (Å²) >= 11 is 0. The standard InChI is InChI=1S/C7H14N2/c1-5-6(2)9-7(3)8-4/h5-6H,1H2,2-4H3,(H,8,9). The van der Waals surface area contributed by atoms with Crippen LogP contribution in [0.25, 0.3) is 0 Å². The molecule has 1 atom stereocenters. The molecule has 0 fully saturated rings. The Morgan fingerprint density at radius 2 is 2.33 bits per heavy atom. The van der Waals surface area contributed by atoms with Gasteiger partial charge in [-0.25, -0.2) is 0 Å². The van der Waals surface area contributed by atoms with E-state index in [1.165, 1.54) is 0 Å². The van der Waals surface area contributed by atoms with E-state index in [2.05, 4.69) is 16.9 Å². The normalized spacial score (nSPS) is 14.8. The summed E-state index contributed by atoms with van der Waals surface area (Å²) in [6, 6.07) is 0.314. The quantitative estimate of drug-likeness (QED) is 0.335. The molecule has 0 aromatic rings. The van der Waals surface area contributed by atoms with Gasteiger partial charge in [0.1, 0.15) is 0 Å². The molecule has 0 amide bonds. The molecule has 0 aromatic heterocycles. The van der Waals surface area contributed by atoms with E-state index in [-0.39, 0.29) is 0 Å². The molecular formula is C7H14N2. The molecule has 1 N–H and O–H groups in total. The zero-order valence-corrected chi connectivity index (χ0v) is 6.31. The van der Waals surface area contributed by atoms with Gasteiger partial charge in [0.25, 0.3) is 0 Å². The topological polar surface area (TPSA) is 24.4 Å². The summed E-state index contributed by atoms with van der Waals surface area (Å²) in [5.41, 5.74) is 0. The van der Waals surface area contributed by atoms with Gasteiger partial charge in [0, 0.05) is 13.1 Å². The Bertz CT molecular complexity index is 116. The van der Waals surface area contributed by atoms with Gasteiger partial charge in [-0.15, -0.1) is 6.58 Å². The molecule has 9 heavy (non-hydrogen) atoms. The molecule has 0 aliphatic carbocycles. The summed E-state index contributed by atoms with van der Waals surface area (Å²) in [5.74, 6) is 0.947. The van der Waals surface area contributed by atoms with Gasteiger partial charge < -0.3 is 5.32 Å². The third-order valence-electron chi connectivity index (χ3n) is 1.13. The Kier molecular flexibility index (Phi) is 3.76. The third-order valence-corrected chi connectivity index (χ3v) is 1.13. The number of nitrogens with one attached hydrogen (secondary N) is 1. The number of nitrogens with zero attached hydrogens (tertiary/aromatic N) is 1. The van der Waals surface area contributed by atoms with Gasteiger partial charge in [-0.05, 0) is 13.8 Å². The highest BCUT2D eigenvalue weighted by molar-refractivity contribution is 5.79. The van der Waals surface area contributed by atoms with Crippen molar-refractivity contribution in [2.24, 2.45) is 4.99 Å². The van der Waals surface area contributed by atoms with E-state index in [9.17, 15) is 0 Å². The van der Waals surface area contributed by atoms with Crippen molar-refractivity contribution in [3.8, 4) is 0 Å². The van der Waals surface area contributed by atoms with Gasteiger partial charge in [-0.1, -0.05) is 6.08 Å². The van der Waals surface area contributed by atoms with E-state index in [4.69, 9.17) is 0 Å². The lowest BCUT2D eigenvalue weighted by molar-refractivity contribution is 0.802. The van der Waals surface area contributed by atoms with Gasteiger partial charge in [0.15, 0.2) is 0 Å². The molecule has 0 aromatic carbocycles. The number of rotatable bonds is 2. The summed E-state index contributed by atoms with van der Waals surface area (Å²) in [4.78, 5) is 3.93. The fourth-order valence-electron chi connectivity index (χ4n) is 0.453. The highest BCUT2D eigenvalue weighted by Crippen LogP contribution is 1.80. The molecule has 0 aliphatic rings. The zero-order valence-electron chi connectivity index (χ0n) is 6.31. The number of amidine groups is 1. The second-order valence-corrected chi connectivity index (χ2v) is 1.98. The molecule has 2 nitrogen and oxygen atoms in total. The molecular weight excluding hydrogens is 112 g/mol. The monoisotopic (exact) mass is 126 g/mol. The largest absolute Gasteiger partial charge is 0.368 e. The summed E-state index contributed by atoms with van der Waals surface area (Å²) in [5, 5.41) is 3.11. The van der Waals surface area contributed by atoms with Crippen LogP contribution in [0.2, 0.25) is 0 Å². The molecule has 0 rings (SSSR count). The summed E-state index contributed by atoms with van der Waals surface area (Å²) in [6.45, 7) is 7.59. The maximum Gasteiger partial charge on any atom is 0.0932 e. The van der Waals surface area contributed by atoms with Crippen LogP contribution in [0.1, 0.15) is 13.8 Å².